The molecule has 2 rings (SSSR count). The predicted molar refractivity (Wildman–Crippen MR) is 66.2 cm³/mol. The lowest BCUT2D eigenvalue weighted by atomic mass is 10.2. The van der Waals surface area contributed by atoms with E-state index in [1.807, 2.05) is 0 Å². The zero-order chi connectivity index (χ0) is 12.4. The summed E-state index contributed by atoms with van der Waals surface area (Å²) in [6.07, 6.45) is 1.57. The fourth-order valence-electron chi connectivity index (χ4n) is 1.22. The number of aryl methyl sites for hydroxylation is 1. The Morgan fingerprint density at radius 3 is 2.88 bits per heavy atom. The van der Waals surface area contributed by atoms with Crippen molar-refractivity contribution in [2.75, 3.05) is 0 Å². The highest BCUT2D eigenvalue weighted by Crippen LogP contribution is 2.31. The number of carbonyl (C=O) groups is 1. The van der Waals surface area contributed by atoms with Gasteiger partial charge in [0.25, 0.3) is 0 Å². The van der Waals surface area contributed by atoms with Crippen LogP contribution in [0.25, 0.3) is 0 Å². The second-order valence-electron chi connectivity index (χ2n) is 3.27. The fourth-order valence-corrected chi connectivity index (χ4v) is 2.66. The minimum absolute atomic E-state index is 0.251. The first-order chi connectivity index (χ1) is 8.08. The van der Waals surface area contributed by atoms with E-state index < -0.39 is 5.97 Å². The van der Waals surface area contributed by atoms with Crippen LogP contribution in [-0.4, -0.2) is 25.8 Å². The van der Waals surface area contributed by atoms with E-state index in [1.165, 1.54) is 11.8 Å². The molecule has 0 amide bonds. The van der Waals surface area contributed by atoms with Crippen molar-refractivity contribution in [1.29, 1.82) is 0 Å². The molecule has 88 valence electrons. The third kappa shape index (κ3) is 2.67. The summed E-state index contributed by atoms with van der Waals surface area (Å²) in [5, 5.41) is 17.4. The molecule has 0 unspecified atom stereocenters. The van der Waals surface area contributed by atoms with E-state index in [1.54, 1.807) is 36.1 Å². The molecule has 5 nitrogen and oxygen atoms in total. The summed E-state index contributed by atoms with van der Waals surface area (Å²) < 4.78 is 2.56. The lowest BCUT2D eigenvalue weighted by Gasteiger charge is -2.05. The van der Waals surface area contributed by atoms with Crippen molar-refractivity contribution >= 4 is 33.7 Å². The van der Waals surface area contributed by atoms with Gasteiger partial charge in [0, 0.05) is 16.4 Å². The summed E-state index contributed by atoms with van der Waals surface area (Å²) in [5.41, 5.74) is 0.251. The third-order valence-corrected chi connectivity index (χ3v) is 3.65. The number of nitrogens with zero attached hydrogens (tertiary/aromatic N) is 3. The van der Waals surface area contributed by atoms with Crippen LogP contribution in [-0.2, 0) is 7.05 Å². The normalized spacial score (nSPS) is 10.5. The van der Waals surface area contributed by atoms with Gasteiger partial charge >= 0.3 is 5.97 Å². The number of carboxylic acids is 1. The van der Waals surface area contributed by atoms with Crippen molar-refractivity contribution in [3.05, 3.63) is 34.6 Å². The molecule has 0 fully saturated rings. The number of benzene rings is 1. The number of hydrogen-bond acceptors (Lipinski definition) is 4. The second-order valence-corrected chi connectivity index (χ2v) is 5.20. The van der Waals surface area contributed by atoms with Crippen LogP contribution in [0, 0.1) is 0 Å². The van der Waals surface area contributed by atoms with Crippen molar-refractivity contribution in [1.82, 2.24) is 14.8 Å². The molecule has 17 heavy (non-hydrogen) atoms. The number of halogens is 1. The van der Waals surface area contributed by atoms with E-state index in [9.17, 15) is 4.79 Å². The highest BCUT2D eigenvalue weighted by atomic mass is 79.9. The minimum atomic E-state index is -0.956. The van der Waals surface area contributed by atoms with Gasteiger partial charge in [-0.3, -0.25) is 0 Å². The average Bonchev–Trinajstić information content (AvgIpc) is 2.64. The summed E-state index contributed by atoms with van der Waals surface area (Å²) in [5.74, 6) is -0.956. The molecule has 1 N–H and O–H groups in total. The second kappa shape index (κ2) is 4.89. The van der Waals surface area contributed by atoms with Crippen LogP contribution < -0.4 is 0 Å². The summed E-state index contributed by atoms with van der Waals surface area (Å²) >= 11 is 4.59. The van der Waals surface area contributed by atoms with Crippen molar-refractivity contribution in [3.8, 4) is 0 Å². The Bertz CT molecular complexity index is 570. The van der Waals surface area contributed by atoms with Crippen LogP contribution >= 0.6 is 27.7 Å². The monoisotopic (exact) mass is 313 g/mol. The number of rotatable bonds is 3. The Morgan fingerprint density at radius 2 is 2.29 bits per heavy atom. The van der Waals surface area contributed by atoms with Crippen molar-refractivity contribution in [3.63, 3.8) is 0 Å². The van der Waals surface area contributed by atoms with E-state index in [2.05, 4.69) is 26.1 Å². The molecule has 0 aliphatic rings. The molecule has 7 heteroatoms. The van der Waals surface area contributed by atoms with Gasteiger partial charge in [0.15, 0.2) is 5.16 Å². The molecule has 2 aromatic rings. The molecule has 0 aliphatic carbocycles. The van der Waals surface area contributed by atoms with Gasteiger partial charge in [0.2, 0.25) is 0 Å². The SMILES string of the molecule is Cn1cnnc1Sc1cc(Br)ccc1C(=O)O. The van der Waals surface area contributed by atoms with Gasteiger partial charge in [0.1, 0.15) is 6.33 Å². The van der Waals surface area contributed by atoms with Gasteiger partial charge in [-0.05, 0) is 30.0 Å². The Balaban J connectivity index is 2.41. The molecular formula is C10H8BrN3O2S. The molecule has 0 spiro atoms. The highest BCUT2D eigenvalue weighted by molar-refractivity contribution is 9.10. The predicted octanol–water partition coefficient (Wildman–Crippen LogP) is 2.43. The van der Waals surface area contributed by atoms with E-state index in [0.29, 0.717) is 10.1 Å². The number of hydrogen-bond donors (Lipinski definition) is 1. The first kappa shape index (κ1) is 12.1. The van der Waals surface area contributed by atoms with Gasteiger partial charge in [-0.25, -0.2) is 4.79 Å². The quantitative estimate of drug-likeness (QED) is 0.942. The molecule has 1 heterocycles. The number of aromatic nitrogens is 3. The molecule has 1 aromatic carbocycles. The molecular weight excluding hydrogens is 306 g/mol. The topological polar surface area (TPSA) is 68.0 Å². The Hall–Kier alpha value is -1.34. The fraction of sp³-hybridized carbons (Fsp3) is 0.100. The van der Waals surface area contributed by atoms with Crippen LogP contribution in [0.4, 0.5) is 0 Å². The molecule has 0 atom stereocenters. The minimum Gasteiger partial charge on any atom is -0.478 e. The lowest BCUT2D eigenvalue weighted by molar-refractivity contribution is 0.0693. The van der Waals surface area contributed by atoms with Crippen LogP contribution in [0.2, 0.25) is 0 Å². The van der Waals surface area contributed by atoms with E-state index >= 15 is 0 Å². The number of carboxylic acid groups (broad SMARTS) is 1. The van der Waals surface area contributed by atoms with Crippen LogP contribution in [0.15, 0.2) is 39.1 Å². The van der Waals surface area contributed by atoms with Crippen LogP contribution in [0.3, 0.4) is 0 Å². The maximum absolute atomic E-state index is 11.1. The summed E-state index contributed by atoms with van der Waals surface area (Å²) in [6.45, 7) is 0. The maximum atomic E-state index is 11.1. The van der Waals surface area contributed by atoms with Gasteiger partial charge in [-0.1, -0.05) is 15.9 Å². The third-order valence-electron chi connectivity index (χ3n) is 2.05. The largest absolute Gasteiger partial charge is 0.478 e. The Labute approximate surface area is 110 Å². The van der Waals surface area contributed by atoms with Gasteiger partial charge in [-0.15, -0.1) is 10.2 Å². The van der Waals surface area contributed by atoms with E-state index in [-0.39, 0.29) is 5.56 Å². The summed E-state index contributed by atoms with van der Waals surface area (Å²) in [7, 11) is 1.81. The smallest absolute Gasteiger partial charge is 0.336 e. The average molecular weight is 314 g/mol. The maximum Gasteiger partial charge on any atom is 0.336 e. The molecule has 0 radical (unpaired) electrons. The first-order valence-corrected chi connectivity index (χ1v) is 6.23. The van der Waals surface area contributed by atoms with Crippen molar-refractivity contribution < 1.29 is 9.90 Å². The molecule has 0 aliphatic heterocycles. The number of aromatic carboxylic acids is 1. The molecule has 1 aromatic heterocycles. The Morgan fingerprint density at radius 1 is 1.53 bits per heavy atom. The standard InChI is InChI=1S/C10H8BrN3O2S/c1-14-5-12-13-10(14)17-8-4-6(11)2-3-7(8)9(15)16/h2-5H,1H3,(H,15,16). The summed E-state index contributed by atoms with van der Waals surface area (Å²) in [6, 6.07) is 5.01. The van der Waals surface area contributed by atoms with E-state index in [0.717, 1.165) is 4.47 Å². The zero-order valence-corrected chi connectivity index (χ0v) is 11.2. The first-order valence-electron chi connectivity index (χ1n) is 4.62. The molecule has 0 saturated heterocycles. The van der Waals surface area contributed by atoms with Crippen molar-refractivity contribution in [2.24, 2.45) is 7.05 Å². The molecule has 0 bridgehead atoms. The van der Waals surface area contributed by atoms with Gasteiger partial charge < -0.3 is 9.67 Å². The zero-order valence-electron chi connectivity index (χ0n) is 8.79. The van der Waals surface area contributed by atoms with Crippen LogP contribution in [0.5, 0.6) is 0 Å². The molecule has 0 saturated carbocycles. The lowest BCUT2D eigenvalue weighted by Crippen LogP contribution is -1.99. The van der Waals surface area contributed by atoms with E-state index in [4.69, 9.17) is 5.11 Å². The van der Waals surface area contributed by atoms with Crippen LogP contribution in [0.1, 0.15) is 10.4 Å². The van der Waals surface area contributed by atoms with Crippen molar-refractivity contribution in [2.45, 2.75) is 10.1 Å². The van der Waals surface area contributed by atoms with Gasteiger partial charge in [0.05, 0.1) is 5.56 Å². The Kier molecular flexibility index (Phi) is 3.49. The van der Waals surface area contributed by atoms with Gasteiger partial charge in [-0.2, -0.15) is 0 Å². The highest BCUT2D eigenvalue weighted by Gasteiger charge is 2.13. The summed E-state index contributed by atoms with van der Waals surface area (Å²) in [4.78, 5) is 11.7.